The highest BCUT2D eigenvalue weighted by molar-refractivity contribution is 7.80. The third-order valence-electron chi connectivity index (χ3n) is 4.60. The summed E-state index contributed by atoms with van der Waals surface area (Å²) in [5.74, 6) is 0. The summed E-state index contributed by atoms with van der Waals surface area (Å²) < 4.78 is 0. The van der Waals surface area contributed by atoms with Crippen molar-refractivity contribution in [2.75, 3.05) is 44.4 Å². The lowest BCUT2D eigenvalue weighted by molar-refractivity contribution is -0.957. The Bertz CT molecular complexity index is 470. The number of anilines is 1. The zero-order valence-electron chi connectivity index (χ0n) is 14.1. The van der Waals surface area contributed by atoms with Gasteiger partial charge in [-0.15, -0.1) is 0 Å². The normalized spacial score (nSPS) is 18.6. The fraction of sp³-hybridized carbons (Fsp3) is 0.588. The highest BCUT2D eigenvalue weighted by Crippen LogP contribution is 2.15. The molecule has 0 spiro atoms. The summed E-state index contributed by atoms with van der Waals surface area (Å²) in [6.07, 6.45) is 1.08. The summed E-state index contributed by atoms with van der Waals surface area (Å²) in [6.45, 7) is 13.4. The molecule has 1 saturated heterocycles. The molecule has 0 saturated carbocycles. The van der Waals surface area contributed by atoms with Crippen molar-refractivity contribution in [3.05, 3.63) is 29.8 Å². The maximum atomic E-state index is 5.50. The van der Waals surface area contributed by atoms with Gasteiger partial charge in [-0.05, 0) is 50.2 Å². The van der Waals surface area contributed by atoms with Crippen LogP contribution >= 0.6 is 12.2 Å². The topological polar surface area (TPSA) is 24.1 Å². The lowest BCUT2D eigenvalue weighted by Gasteiger charge is -2.35. The maximum Gasteiger partial charge on any atom is 0.182 e. The van der Waals surface area contributed by atoms with Crippen LogP contribution in [-0.2, 0) is 6.42 Å². The number of quaternary nitrogens is 2. The molecule has 1 aliphatic rings. The molecule has 4 nitrogen and oxygen atoms in total. The third kappa shape index (κ3) is 4.41. The number of nitrogens with zero attached hydrogens (tertiary/aromatic N) is 1. The van der Waals surface area contributed by atoms with Gasteiger partial charge in [0.05, 0.1) is 13.1 Å². The molecule has 1 unspecified atom stereocenters. The molecular formula is C17H30N4S+2. The molecule has 3 N–H and O–H groups in total. The van der Waals surface area contributed by atoms with Gasteiger partial charge in [0.25, 0.3) is 0 Å². The predicted molar refractivity (Wildman–Crippen MR) is 96.5 cm³/mol. The highest BCUT2D eigenvalue weighted by atomic mass is 32.1. The van der Waals surface area contributed by atoms with E-state index in [1.54, 1.807) is 9.80 Å². The van der Waals surface area contributed by atoms with Gasteiger partial charge in [0.2, 0.25) is 0 Å². The van der Waals surface area contributed by atoms with Crippen LogP contribution < -0.4 is 20.0 Å². The molecule has 0 bridgehead atoms. The molecular weight excluding hydrogens is 292 g/mol. The van der Waals surface area contributed by atoms with Crippen molar-refractivity contribution in [1.82, 2.24) is 5.32 Å². The smallest absolute Gasteiger partial charge is 0.182 e. The number of hydrogen-bond donors (Lipinski definition) is 3. The number of nitrogens with one attached hydrogen (secondary N) is 3. The second-order valence-electron chi connectivity index (χ2n) is 5.97. The van der Waals surface area contributed by atoms with Crippen molar-refractivity contribution < 1.29 is 9.80 Å². The van der Waals surface area contributed by atoms with Gasteiger partial charge in [0.15, 0.2) is 18.4 Å². The Hall–Kier alpha value is -1.17. The van der Waals surface area contributed by atoms with Crippen LogP contribution in [-0.4, -0.2) is 44.6 Å². The van der Waals surface area contributed by atoms with Crippen LogP contribution in [0, 0.1) is 0 Å². The Labute approximate surface area is 140 Å². The van der Waals surface area contributed by atoms with E-state index in [1.807, 2.05) is 0 Å². The SMILES string of the molecule is CCc1ccc(N2C[NH+](CC[NH+](CC)CC)CNC2=S)cc1. The molecule has 1 atom stereocenters. The van der Waals surface area contributed by atoms with Gasteiger partial charge >= 0.3 is 0 Å². The average Bonchev–Trinajstić information content (AvgIpc) is 2.57. The van der Waals surface area contributed by atoms with Crippen molar-refractivity contribution in [3.63, 3.8) is 0 Å². The lowest BCUT2D eigenvalue weighted by Crippen LogP contribution is -3.22. The highest BCUT2D eigenvalue weighted by Gasteiger charge is 2.25. The first kappa shape index (κ1) is 17.2. The van der Waals surface area contributed by atoms with Crippen LogP contribution in [0.2, 0.25) is 0 Å². The van der Waals surface area contributed by atoms with Crippen molar-refractivity contribution in [2.45, 2.75) is 27.2 Å². The standard InChI is InChI=1S/C17H28N4S/c1-4-15-7-9-16(10-8-15)21-14-20(13-18-17(21)22)12-11-19(5-2)6-3/h7-10H,4-6,11-14H2,1-3H3,(H,18,22)/p+2. The van der Waals surface area contributed by atoms with Gasteiger partial charge in [0.1, 0.15) is 13.1 Å². The number of hydrogen-bond acceptors (Lipinski definition) is 1. The minimum Gasteiger partial charge on any atom is -0.331 e. The maximum absolute atomic E-state index is 5.50. The lowest BCUT2D eigenvalue weighted by atomic mass is 10.1. The van der Waals surface area contributed by atoms with E-state index in [4.69, 9.17) is 12.2 Å². The zero-order chi connectivity index (χ0) is 15.9. The number of benzene rings is 1. The van der Waals surface area contributed by atoms with Crippen molar-refractivity contribution in [1.29, 1.82) is 0 Å². The minimum absolute atomic E-state index is 0.850. The van der Waals surface area contributed by atoms with E-state index in [0.29, 0.717) is 0 Å². The number of rotatable bonds is 7. The van der Waals surface area contributed by atoms with Crippen LogP contribution in [0.1, 0.15) is 26.3 Å². The summed E-state index contributed by atoms with van der Waals surface area (Å²) in [5, 5.41) is 4.23. The largest absolute Gasteiger partial charge is 0.331 e. The van der Waals surface area contributed by atoms with Gasteiger partial charge in [-0.25, -0.2) is 0 Å². The molecule has 1 heterocycles. The van der Waals surface area contributed by atoms with E-state index < -0.39 is 0 Å². The number of aryl methyl sites for hydroxylation is 1. The predicted octanol–water partition coefficient (Wildman–Crippen LogP) is -0.332. The molecule has 122 valence electrons. The molecule has 0 radical (unpaired) electrons. The fourth-order valence-corrected chi connectivity index (χ4v) is 3.13. The second-order valence-corrected chi connectivity index (χ2v) is 6.36. The van der Waals surface area contributed by atoms with Gasteiger partial charge in [-0.1, -0.05) is 19.1 Å². The van der Waals surface area contributed by atoms with Crippen LogP contribution in [0.4, 0.5) is 5.69 Å². The summed E-state index contributed by atoms with van der Waals surface area (Å²) in [6, 6.07) is 8.77. The molecule has 0 aromatic heterocycles. The molecule has 1 fully saturated rings. The molecule has 1 aromatic carbocycles. The molecule has 0 aliphatic carbocycles. The molecule has 22 heavy (non-hydrogen) atoms. The average molecular weight is 323 g/mol. The van der Waals surface area contributed by atoms with Crippen molar-refractivity contribution in [3.8, 4) is 0 Å². The first-order valence-corrected chi connectivity index (χ1v) is 8.90. The van der Waals surface area contributed by atoms with E-state index in [0.717, 1.165) is 24.9 Å². The molecule has 2 rings (SSSR count). The Morgan fingerprint density at radius 2 is 1.86 bits per heavy atom. The molecule has 5 heteroatoms. The van der Waals surface area contributed by atoms with E-state index in [2.05, 4.69) is 55.3 Å². The first-order chi connectivity index (χ1) is 10.7. The van der Waals surface area contributed by atoms with Gasteiger partial charge in [0, 0.05) is 5.69 Å². The Morgan fingerprint density at radius 1 is 1.18 bits per heavy atom. The van der Waals surface area contributed by atoms with Gasteiger partial charge in [-0.3, -0.25) is 9.80 Å². The fourth-order valence-electron chi connectivity index (χ4n) is 2.89. The summed E-state index contributed by atoms with van der Waals surface area (Å²) in [4.78, 5) is 5.44. The second kappa shape index (κ2) is 8.46. The van der Waals surface area contributed by atoms with E-state index in [1.165, 1.54) is 37.4 Å². The molecule has 0 amide bonds. The van der Waals surface area contributed by atoms with E-state index in [9.17, 15) is 0 Å². The summed E-state index contributed by atoms with van der Waals surface area (Å²) >= 11 is 5.50. The third-order valence-corrected chi connectivity index (χ3v) is 4.97. The van der Waals surface area contributed by atoms with Gasteiger partial charge < -0.3 is 10.2 Å². The Kier molecular flexibility index (Phi) is 6.61. The van der Waals surface area contributed by atoms with Crippen LogP contribution in [0.15, 0.2) is 24.3 Å². The Balaban J connectivity index is 1.96. The Morgan fingerprint density at radius 3 is 2.45 bits per heavy atom. The van der Waals surface area contributed by atoms with E-state index in [-0.39, 0.29) is 0 Å². The quantitative estimate of drug-likeness (QED) is 0.599. The van der Waals surface area contributed by atoms with Crippen LogP contribution in [0.3, 0.4) is 0 Å². The van der Waals surface area contributed by atoms with Gasteiger partial charge in [-0.2, -0.15) is 0 Å². The van der Waals surface area contributed by atoms with Crippen molar-refractivity contribution in [2.24, 2.45) is 0 Å². The van der Waals surface area contributed by atoms with E-state index >= 15 is 0 Å². The zero-order valence-corrected chi connectivity index (χ0v) is 14.9. The van der Waals surface area contributed by atoms with Crippen LogP contribution in [0.25, 0.3) is 0 Å². The molecule has 1 aliphatic heterocycles. The number of thiocarbonyl (C=S) groups is 1. The number of likely N-dealkylation sites (N-methyl/N-ethyl adjacent to an activating group) is 1. The van der Waals surface area contributed by atoms with Crippen molar-refractivity contribution >= 4 is 23.0 Å². The first-order valence-electron chi connectivity index (χ1n) is 8.49. The summed E-state index contributed by atoms with van der Waals surface area (Å²) in [7, 11) is 0. The minimum atomic E-state index is 0.850. The van der Waals surface area contributed by atoms with Crippen LogP contribution in [0.5, 0.6) is 0 Å². The molecule has 1 aromatic rings. The monoisotopic (exact) mass is 322 g/mol. The summed E-state index contributed by atoms with van der Waals surface area (Å²) in [5.41, 5.74) is 2.57.